The minimum absolute atomic E-state index is 0.0103. The lowest BCUT2D eigenvalue weighted by Gasteiger charge is -2.38. The molecule has 2 fully saturated rings. The molecule has 5 atom stereocenters. The zero-order chi connectivity index (χ0) is 35.6. The number of hydrogen-bond acceptors (Lipinski definition) is 7. The van der Waals surface area contributed by atoms with Crippen molar-refractivity contribution in [2.75, 3.05) is 47.8 Å². The number of nitrogens with zero attached hydrogens (tertiary/aromatic N) is 4. The number of likely N-dealkylation sites (N-methyl/N-ethyl adjacent to an activating group) is 2. The quantitative estimate of drug-likeness (QED) is 0.228. The summed E-state index contributed by atoms with van der Waals surface area (Å²) in [7, 11) is 6.98. The van der Waals surface area contributed by atoms with Gasteiger partial charge in [0.2, 0.25) is 29.5 Å². The molecule has 47 heavy (non-hydrogen) atoms. The van der Waals surface area contributed by atoms with E-state index in [0.29, 0.717) is 64.6 Å². The van der Waals surface area contributed by atoms with Crippen molar-refractivity contribution >= 4 is 35.3 Å². The summed E-state index contributed by atoms with van der Waals surface area (Å²) in [4.78, 5) is 86.7. The van der Waals surface area contributed by atoms with Crippen LogP contribution in [-0.2, 0) is 28.8 Å². The van der Waals surface area contributed by atoms with Crippen LogP contribution in [-0.4, -0.2) is 127 Å². The normalized spacial score (nSPS) is 20.1. The monoisotopic (exact) mass is 662 g/mol. The summed E-state index contributed by atoms with van der Waals surface area (Å²) >= 11 is 0. The van der Waals surface area contributed by atoms with E-state index in [9.17, 15) is 28.8 Å². The number of carbonyl (C=O) groups excluding carboxylic acids is 6. The summed E-state index contributed by atoms with van der Waals surface area (Å²) in [5, 5.41) is 5.51. The minimum atomic E-state index is -0.797. The molecule has 2 heterocycles. The Labute approximate surface area is 282 Å². The molecule has 0 radical (unpaired) electrons. The van der Waals surface area contributed by atoms with Gasteiger partial charge in [-0.1, -0.05) is 41.5 Å². The molecule has 2 aliphatic heterocycles. The third-order valence-electron chi connectivity index (χ3n) is 9.78. The van der Waals surface area contributed by atoms with Crippen molar-refractivity contribution in [1.82, 2.24) is 30.2 Å². The molecule has 2 aliphatic rings. The number of likely N-dealkylation sites (tertiary alicyclic amines) is 2. The Morgan fingerprint density at radius 2 is 1.34 bits per heavy atom. The van der Waals surface area contributed by atoms with Crippen molar-refractivity contribution in [3.63, 3.8) is 0 Å². The molecular formula is C35H62N6O6. The molecule has 2 N–H and O–H groups in total. The number of Topliss-reactive ketones (excluding diaryl/α,β-unsaturated/α-hetero) is 1. The standard InChI is InChI=1S/C35H62N6O6/c1-22(2)25(21-28(42)30(23(3)4)38(8)9)33(45)39(10)31(24(5)6)35(47)41-20-14-16-27(41)34(46)40-19-13-15-26(40)32(44)37-18-12-11-17-29(43)36-7/h22-27,30-31H,11-21H2,1-10H3,(H,36,43)(H,37,44). The Bertz CT molecular complexity index is 1100. The van der Waals surface area contributed by atoms with E-state index < -0.39 is 24.0 Å². The van der Waals surface area contributed by atoms with Gasteiger partial charge in [0.05, 0.1) is 6.04 Å². The van der Waals surface area contributed by atoms with E-state index in [0.717, 1.165) is 0 Å². The first-order chi connectivity index (χ1) is 22.0. The molecule has 12 heteroatoms. The highest BCUT2D eigenvalue weighted by atomic mass is 16.2. The second-order valence-electron chi connectivity index (χ2n) is 14.6. The molecule has 0 spiro atoms. The van der Waals surface area contributed by atoms with E-state index in [2.05, 4.69) is 10.6 Å². The summed E-state index contributed by atoms with van der Waals surface area (Å²) in [6.07, 6.45) is 4.23. The van der Waals surface area contributed by atoms with Gasteiger partial charge in [0, 0.05) is 52.5 Å². The maximum Gasteiger partial charge on any atom is 0.246 e. The van der Waals surface area contributed by atoms with Crippen LogP contribution in [0.1, 0.15) is 92.9 Å². The maximum absolute atomic E-state index is 14.2. The van der Waals surface area contributed by atoms with Gasteiger partial charge < -0.3 is 25.3 Å². The Morgan fingerprint density at radius 1 is 0.766 bits per heavy atom. The number of unbranched alkanes of at least 4 members (excludes halogenated alkanes) is 1. The molecule has 0 bridgehead atoms. The van der Waals surface area contributed by atoms with Crippen molar-refractivity contribution in [1.29, 1.82) is 0 Å². The highest BCUT2D eigenvalue weighted by Crippen LogP contribution is 2.29. The van der Waals surface area contributed by atoms with Gasteiger partial charge in [-0.3, -0.25) is 33.7 Å². The zero-order valence-electron chi connectivity index (χ0n) is 30.6. The van der Waals surface area contributed by atoms with Gasteiger partial charge in [0.15, 0.2) is 5.78 Å². The predicted molar refractivity (Wildman–Crippen MR) is 182 cm³/mol. The summed E-state index contributed by atoms with van der Waals surface area (Å²) < 4.78 is 0. The number of ketones is 1. The molecule has 0 saturated carbocycles. The molecule has 0 aromatic rings. The second-order valence-corrected chi connectivity index (χ2v) is 14.6. The number of carbonyl (C=O) groups is 6. The highest BCUT2D eigenvalue weighted by molar-refractivity contribution is 5.96. The average Bonchev–Trinajstić information content (AvgIpc) is 3.69. The van der Waals surface area contributed by atoms with Crippen molar-refractivity contribution in [3.05, 3.63) is 0 Å². The Morgan fingerprint density at radius 3 is 1.87 bits per heavy atom. The fourth-order valence-electron chi connectivity index (χ4n) is 7.31. The zero-order valence-corrected chi connectivity index (χ0v) is 30.6. The summed E-state index contributed by atoms with van der Waals surface area (Å²) in [5.41, 5.74) is 0. The molecule has 2 rings (SSSR count). The Balaban J connectivity index is 2.16. The molecule has 0 aromatic heterocycles. The van der Waals surface area contributed by atoms with Gasteiger partial charge in [-0.2, -0.15) is 0 Å². The number of rotatable bonds is 17. The molecule has 2 saturated heterocycles. The van der Waals surface area contributed by atoms with E-state index in [1.54, 1.807) is 23.9 Å². The smallest absolute Gasteiger partial charge is 0.246 e. The molecule has 5 amide bonds. The summed E-state index contributed by atoms with van der Waals surface area (Å²) in [6.45, 7) is 12.9. The van der Waals surface area contributed by atoms with Crippen LogP contribution >= 0.6 is 0 Å². The van der Waals surface area contributed by atoms with Crippen LogP contribution in [0.4, 0.5) is 0 Å². The molecule has 0 aromatic carbocycles. The minimum Gasteiger partial charge on any atom is -0.359 e. The summed E-state index contributed by atoms with van der Waals surface area (Å²) in [6, 6.07) is -2.39. The number of amides is 5. The molecule has 268 valence electrons. The fourth-order valence-corrected chi connectivity index (χ4v) is 7.31. The number of hydrogen-bond donors (Lipinski definition) is 2. The van der Waals surface area contributed by atoms with E-state index in [4.69, 9.17) is 0 Å². The van der Waals surface area contributed by atoms with Gasteiger partial charge in [0.1, 0.15) is 18.1 Å². The van der Waals surface area contributed by atoms with Crippen LogP contribution in [0.3, 0.4) is 0 Å². The molecule has 0 aliphatic carbocycles. The van der Waals surface area contributed by atoms with E-state index in [1.165, 1.54) is 4.90 Å². The fraction of sp³-hybridized carbons (Fsp3) is 0.829. The van der Waals surface area contributed by atoms with Gasteiger partial charge in [0.25, 0.3) is 0 Å². The van der Waals surface area contributed by atoms with Crippen LogP contribution in [0.25, 0.3) is 0 Å². The van der Waals surface area contributed by atoms with Crippen molar-refractivity contribution in [2.45, 2.75) is 117 Å². The highest BCUT2D eigenvalue weighted by Gasteiger charge is 2.45. The predicted octanol–water partition coefficient (Wildman–Crippen LogP) is 2.30. The average molecular weight is 663 g/mol. The molecule has 12 nitrogen and oxygen atoms in total. The lowest BCUT2D eigenvalue weighted by atomic mass is 9.84. The Hall–Kier alpha value is -3.02. The van der Waals surface area contributed by atoms with E-state index in [-0.39, 0.29) is 65.5 Å². The SMILES string of the molecule is CNC(=O)CCCCNC(=O)C1CCCN1C(=O)C1CCCN1C(=O)C(C(C)C)N(C)C(=O)C(CC(=O)C(C(C)C)N(C)C)C(C)C. The second kappa shape index (κ2) is 18.5. The first kappa shape index (κ1) is 40.2. The molecular weight excluding hydrogens is 600 g/mol. The van der Waals surface area contributed by atoms with Crippen LogP contribution < -0.4 is 10.6 Å². The van der Waals surface area contributed by atoms with E-state index >= 15 is 0 Å². The molecule has 5 unspecified atom stereocenters. The van der Waals surface area contributed by atoms with E-state index in [1.807, 2.05) is 60.5 Å². The van der Waals surface area contributed by atoms with Crippen molar-refractivity contribution < 1.29 is 28.8 Å². The van der Waals surface area contributed by atoms with Gasteiger partial charge >= 0.3 is 0 Å². The third kappa shape index (κ3) is 10.5. The van der Waals surface area contributed by atoms with Crippen LogP contribution in [0.15, 0.2) is 0 Å². The van der Waals surface area contributed by atoms with Gasteiger partial charge in [-0.15, -0.1) is 0 Å². The van der Waals surface area contributed by atoms with Crippen LogP contribution in [0.2, 0.25) is 0 Å². The topological polar surface area (TPSA) is 139 Å². The third-order valence-corrected chi connectivity index (χ3v) is 9.78. The Kier molecular flexibility index (Phi) is 15.8. The van der Waals surface area contributed by atoms with Gasteiger partial charge in [-0.05, 0) is 70.4 Å². The van der Waals surface area contributed by atoms with Crippen molar-refractivity contribution in [3.8, 4) is 0 Å². The van der Waals surface area contributed by atoms with Crippen LogP contribution in [0, 0.1) is 23.7 Å². The summed E-state index contributed by atoms with van der Waals surface area (Å²) in [5.74, 6) is -1.79. The maximum atomic E-state index is 14.2. The first-order valence-corrected chi connectivity index (χ1v) is 17.6. The first-order valence-electron chi connectivity index (χ1n) is 17.6. The number of nitrogens with one attached hydrogen (secondary N) is 2. The lowest BCUT2D eigenvalue weighted by molar-refractivity contribution is -0.154. The lowest BCUT2D eigenvalue weighted by Crippen LogP contribution is -2.58. The van der Waals surface area contributed by atoms with Gasteiger partial charge in [-0.25, -0.2) is 0 Å². The van der Waals surface area contributed by atoms with Crippen LogP contribution in [0.5, 0.6) is 0 Å². The van der Waals surface area contributed by atoms with Crippen molar-refractivity contribution in [2.24, 2.45) is 23.7 Å². The largest absolute Gasteiger partial charge is 0.359 e.